The number of carbonyl (C=O) groups is 1. The molecular formula is C25H27FN4OS. The molecule has 2 N–H and O–H groups in total. The lowest BCUT2D eigenvalue weighted by molar-refractivity contribution is -0.129. The zero-order valence-corrected chi connectivity index (χ0v) is 19.5. The van der Waals surface area contributed by atoms with Crippen LogP contribution >= 0.6 is 10.0 Å². The van der Waals surface area contributed by atoms with Gasteiger partial charge in [-0.2, -0.15) is 4.39 Å². The van der Waals surface area contributed by atoms with E-state index in [-0.39, 0.29) is 11.9 Å². The van der Waals surface area contributed by atoms with Gasteiger partial charge >= 0.3 is 0 Å². The minimum Gasteiger partial charge on any atom is -0.369 e. The average molecular weight is 451 g/mol. The third-order valence-electron chi connectivity index (χ3n) is 5.53. The fourth-order valence-corrected chi connectivity index (χ4v) is 5.26. The van der Waals surface area contributed by atoms with Crippen molar-refractivity contribution in [1.82, 2.24) is 9.88 Å². The number of nitrogens with two attached hydrogens (primary N) is 1. The van der Waals surface area contributed by atoms with Crippen LogP contribution in [0.3, 0.4) is 0 Å². The van der Waals surface area contributed by atoms with Gasteiger partial charge in [0.1, 0.15) is 0 Å². The molecule has 1 aliphatic rings. The van der Waals surface area contributed by atoms with E-state index in [2.05, 4.69) is 34.8 Å². The predicted octanol–water partition coefficient (Wildman–Crippen LogP) is 4.11. The highest BCUT2D eigenvalue weighted by Crippen LogP contribution is 2.43. The van der Waals surface area contributed by atoms with Gasteiger partial charge in [0, 0.05) is 24.6 Å². The van der Waals surface area contributed by atoms with Gasteiger partial charge in [0.05, 0.1) is 0 Å². The topological polar surface area (TPSA) is 71.6 Å². The molecule has 5 nitrogen and oxygen atoms in total. The number of likely N-dealkylation sites (N-methyl/N-ethyl adjacent to an activating group) is 1. The predicted molar refractivity (Wildman–Crippen MR) is 130 cm³/mol. The Morgan fingerprint density at radius 2 is 1.72 bits per heavy atom. The van der Waals surface area contributed by atoms with E-state index in [9.17, 15) is 9.18 Å². The molecule has 0 bridgehead atoms. The number of hydrogen-bond donors (Lipinski definition) is 1. The molecule has 0 saturated heterocycles. The average Bonchev–Trinajstić information content (AvgIpc) is 2.98. The van der Waals surface area contributed by atoms with Crippen LogP contribution in [0.4, 0.5) is 4.39 Å². The number of hydrogen-bond acceptors (Lipinski definition) is 4. The van der Waals surface area contributed by atoms with E-state index in [0.717, 1.165) is 16.9 Å². The van der Waals surface area contributed by atoms with E-state index in [1.54, 1.807) is 37.4 Å². The molecule has 1 atom stereocenters. The lowest BCUT2D eigenvalue weighted by Crippen LogP contribution is -2.41. The number of amides is 1. The highest BCUT2D eigenvalue weighted by molar-refractivity contribution is 8.31. The first-order valence-electron chi connectivity index (χ1n) is 10.2. The molecule has 0 saturated carbocycles. The van der Waals surface area contributed by atoms with Crippen molar-refractivity contribution < 1.29 is 9.18 Å². The van der Waals surface area contributed by atoms with E-state index in [0.29, 0.717) is 16.7 Å². The molecule has 3 aromatic rings. The summed E-state index contributed by atoms with van der Waals surface area (Å²) in [7, 11) is 0.833. The molecule has 4 rings (SSSR count). The second kappa shape index (κ2) is 8.06. The normalized spacial score (nSPS) is 19.2. The van der Waals surface area contributed by atoms with Crippen LogP contribution in [0.5, 0.6) is 0 Å². The van der Waals surface area contributed by atoms with Crippen LogP contribution in [0.25, 0.3) is 11.1 Å². The summed E-state index contributed by atoms with van der Waals surface area (Å²) < 4.78 is 14.4. The fourth-order valence-electron chi connectivity index (χ4n) is 4.08. The van der Waals surface area contributed by atoms with Crippen molar-refractivity contribution in [1.29, 1.82) is 0 Å². The van der Waals surface area contributed by atoms with Gasteiger partial charge < -0.3 is 5.73 Å². The largest absolute Gasteiger partial charge is 0.369 e. The van der Waals surface area contributed by atoms with Crippen LogP contribution in [0.1, 0.15) is 16.7 Å². The molecule has 0 radical (unpaired) electrons. The van der Waals surface area contributed by atoms with E-state index >= 15 is 0 Å². The van der Waals surface area contributed by atoms with Crippen LogP contribution < -0.4 is 5.73 Å². The molecular weight excluding hydrogens is 423 g/mol. The van der Waals surface area contributed by atoms with E-state index in [4.69, 9.17) is 5.73 Å². The lowest BCUT2D eigenvalue weighted by Gasteiger charge is -2.29. The zero-order chi connectivity index (χ0) is 23.1. The Bertz CT molecular complexity index is 1220. The van der Waals surface area contributed by atoms with Gasteiger partial charge in [-0.3, -0.25) is 9.69 Å². The summed E-state index contributed by atoms with van der Waals surface area (Å²) >= 11 is 0. The van der Waals surface area contributed by atoms with Gasteiger partial charge in [0.2, 0.25) is 5.95 Å². The molecule has 1 amide bonds. The van der Waals surface area contributed by atoms with Crippen LogP contribution in [-0.4, -0.2) is 47.6 Å². The smallest absolute Gasteiger partial charge is 0.266 e. The molecule has 2 aromatic carbocycles. The van der Waals surface area contributed by atoms with E-state index in [1.165, 1.54) is 11.1 Å². The minimum absolute atomic E-state index is 0.153. The third-order valence-corrected chi connectivity index (χ3v) is 6.73. The maximum atomic E-state index is 14.4. The van der Waals surface area contributed by atoms with Crippen LogP contribution in [0.2, 0.25) is 0 Å². The number of nitrogens with zero attached hydrogens (tertiary/aromatic N) is 3. The van der Waals surface area contributed by atoms with E-state index in [1.807, 2.05) is 24.3 Å². The van der Waals surface area contributed by atoms with Crippen LogP contribution in [-0.2, 0) is 16.1 Å². The Balaban J connectivity index is 1.91. The first-order valence-corrected chi connectivity index (χ1v) is 13.2. The first kappa shape index (κ1) is 22.0. The zero-order valence-electron chi connectivity index (χ0n) is 18.7. The number of halogens is 1. The molecule has 0 aliphatic carbocycles. The quantitative estimate of drug-likeness (QED) is 0.595. The molecule has 32 heavy (non-hydrogen) atoms. The van der Waals surface area contributed by atoms with Gasteiger partial charge in [-0.05, 0) is 59.2 Å². The van der Waals surface area contributed by atoms with Gasteiger partial charge in [-0.15, -0.1) is 0 Å². The lowest BCUT2D eigenvalue weighted by atomic mass is 9.81. The molecule has 1 aliphatic heterocycles. The number of benzene rings is 2. The molecule has 2 heterocycles. The summed E-state index contributed by atoms with van der Waals surface area (Å²) in [5, 5.41) is 0. The van der Waals surface area contributed by atoms with Crippen molar-refractivity contribution in [3.8, 4) is 11.1 Å². The summed E-state index contributed by atoms with van der Waals surface area (Å²) in [4.78, 5) is 23.4. The van der Waals surface area contributed by atoms with Gasteiger partial charge in [0.25, 0.3) is 5.91 Å². The Labute approximate surface area is 189 Å². The SMILES string of the molecule is CN1C(=O)C(c2cccc(CS(C)(C)C)c2)(c2cccc(-c3cccnc3F)c2)N=C1N. The molecule has 7 heteroatoms. The highest BCUT2D eigenvalue weighted by Gasteiger charge is 2.49. The molecule has 1 aromatic heterocycles. The Hall–Kier alpha value is -3.19. The number of pyridine rings is 1. The summed E-state index contributed by atoms with van der Waals surface area (Å²) in [6, 6.07) is 18.6. The van der Waals surface area contributed by atoms with Crippen molar-refractivity contribution in [2.24, 2.45) is 10.7 Å². The highest BCUT2D eigenvalue weighted by atomic mass is 32.3. The van der Waals surface area contributed by atoms with Crippen LogP contribution in [0.15, 0.2) is 71.9 Å². The van der Waals surface area contributed by atoms with Crippen molar-refractivity contribution in [3.63, 3.8) is 0 Å². The maximum Gasteiger partial charge on any atom is 0.266 e. The second-order valence-corrected chi connectivity index (χ2v) is 13.4. The minimum atomic E-state index is -1.32. The molecule has 1 unspecified atom stereocenters. The fraction of sp³-hybridized carbons (Fsp3) is 0.240. The third kappa shape index (κ3) is 3.88. The summed E-state index contributed by atoms with van der Waals surface area (Å²) in [6.45, 7) is 0. The molecule has 166 valence electrons. The maximum absolute atomic E-state index is 14.4. The Morgan fingerprint density at radius 1 is 1.03 bits per heavy atom. The van der Waals surface area contributed by atoms with Crippen molar-refractivity contribution in [2.75, 3.05) is 25.8 Å². The number of aromatic nitrogens is 1. The van der Waals surface area contributed by atoms with Crippen molar-refractivity contribution >= 4 is 21.9 Å². The molecule has 0 spiro atoms. The van der Waals surface area contributed by atoms with Gasteiger partial charge in [0.15, 0.2) is 11.5 Å². The van der Waals surface area contributed by atoms with Gasteiger partial charge in [-0.1, -0.05) is 42.5 Å². The standard InChI is InChI=1S/C25H27FN4OS/c1-30-23(31)25(29-24(30)27,19-10-5-8-17(14-19)16-32(2,3)4)20-11-6-9-18(15-20)21-12-7-13-28-22(21)26/h5-15H,16H2,1-4H3,(H2,27,29). The molecule has 0 fully saturated rings. The summed E-state index contributed by atoms with van der Waals surface area (Å²) in [5.74, 6) is 0.284. The first-order chi connectivity index (χ1) is 15.1. The van der Waals surface area contributed by atoms with Crippen molar-refractivity contribution in [3.05, 3.63) is 89.5 Å². The summed E-state index contributed by atoms with van der Waals surface area (Å²) in [6.07, 6.45) is 8.18. The number of guanidine groups is 1. The Morgan fingerprint density at radius 3 is 2.34 bits per heavy atom. The Kier molecular flexibility index (Phi) is 5.54. The second-order valence-electron chi connectivity index (χ2n) is 8.90. The number of carbonyl (C=O) groups excluding carboxylic acids is 1. The van der Waals surface area contributed by atoms with E-state index < -0.39 is 21.5 Å². The monoisotopic (exact) mass is 450 g/mol. The number of rotatable bonds is 5. The van der Waals surface area contributed by atoms with Crippen LogP contribution in [0, 0.1) is 5.95 Å². The summed E-state index contributed by atoms with van der Waals surface area (Å²) in [5.41, 5.74) is 8.32. The van der Waals surface area contributed by atoms with Crippen molar-refractivity contribution in [2.45, 2.75) is 11.3 Å². The number of aliphatic imine (C=N–C) groups is 1. The van der Waals surface area contributed by atoms with Gasteiger partial charge in [-0.25, -0.2) is 20.0 Å².